The molecule has 0 fully saturated rings. The SMILES string of the molecule is NCC(=O)Nc1nc2c(s1)CCc1ccccc1-2. The van der Waals surface area contributed by atoms with Crippen LogP contribution in [0, 0.1) is 0 Å². The zero-order valence-electron chi connectivity index (χ0n) is 9.77. The Morgan fingerprint density at radius 2 is 2.22 bits per heavy atom. The molecule has 4 nitrogen and oxygen atoms in total. The summed E-state index contributed by atoms with van der Waals surface area (Å²) in [4.78, 5) is 17.0. The Morgan fingerprint density at radius 1 is 1.39 bits per heavy atom. The van der Waals surface area contributed by atoms with Crippen LogP contribution in [0.5, 0.6) is 0 Å². The third-order valence-electron chi connectivity index (χ3n) is 3.02. The summed E-state index contributed by atoms with van der Waals surface area (Å²) in [5.74, 6) is -0.200. The maximum absolute atomic E-state index is 11.3. The number of hydrogen-bond donors (Lipinski definition) is 2. The third-order valence-corrected chi connectivity index (χ3v) is 4.05. The molecule has 0 atom stereocenters. The van der Waals surface area contributed by atoms with Crippen LogP contribution in [-0.2, 0) is 17.6 Å². The van der Waals surface area contributed by atoms with E-state index in [0.717, 1.165) is 18.5 Å². The van der Waals surface area contributed by atoms with Crippen LogP contribution in [0.25, 0.3) is 11.3 Å². The molecule has 0 radical (unpaired) electrons. The van der Waals surface area contributed by atoms with E-state index in [1.54, 1.807) is 11.3 Å². The summed E-state index contributed by atoms with van der Waals surface area (Å²) in [6.07, 6.45) is 2.03. The van der Waals surface area contributed by atoms with Gasteiger partial charge in [0, 0.05) is 10.4 Å². The molecule has 1 aliphatic carbocycles. The monoisotopic (exact) mass is 259 g/mol. The van der Waals surface area contributed by atoms with Crippen molar-refractivity contribution < 1.29 is 4.79 Å². The predicted molar refractivity (Wildman–Crippen MR) is 72.6 cm³/mol. The molecule has 0 bridgehead atoms. The number of fused-ring (bicyclic) bond motifs is 3. The zero-order chi connectivity index (χ0) is 12.5. The topological polar surface area (TPSA) is 68.0 Å². The Bertz CT molecular complexity index is 606. The maximum Gasteiger partial charge on any atom is 0.239 e. The van der Waals surface area contributed by atoms with Crippen LogP contribution >= 0.6 is 11.3 Å². The lowest BCUT2D eigenvalue weighted by Gasteiger charge is -2.13. The molecule has 1 aliphatic rings. The second-order valence-electron chi connectivity index (χ2n) is 4.20. The van der Waals surface area contributed by atoms with E-state index < -0.39 is 0 Å². The third kappa shape index (κ3) is 1.91. The number of nitrogens with two attached hydrogens (primary N) is 1. The van der Waals surface area contributed by atoms with Crippen molar-refractivity contribution >= 4 is 22.4 Å². The number of nitrogens with one attached hydrogen (secondary N) is 1. The van der Waals surface area contributed by atoms with Crippen LogP contribution in [-0.4, -0.2) is 17.4 Å². The molecule has 0 spiro atoms. The highest BCUT2D eigenvalue weighted by Gasteiger charge is 2.20. The van der Waals surface area contributed by atoms with Crippen molar-refractivity contribution in [1.82, 2.24) is 4.98 Å². The van der Waals surface area contributed by atoms with E-state index in [-0.39, 0.29) is 12.5 Å². The number of thiazole rings is 1. The van der Waals surface area contributed by atoms with Crippen molar-refractivity contribution in [2.45, 2.75) is 12.8 Å². The quantitative estimate of drug-likeness (QED) is 0.864. The van der Waals surface area contributed by atoms with Gasteiger partial charge in [-0.1, -0.05) is 24.3 Å². The largest absolute Gasteiger partial charge is 0.322 e. The number of rotatable bonds is 2. The first-order valence-electron chi connectivity index (χ1n) is 5.86. The first-order chi connectivity index (χ1) is 8.78. The molecule has 3 rings (SSSR count). The lowest BCUT2D eigenvalue weighted by molar-refractivity contribution is -0.114. The van der Waals surface area contributed by atoms with Crippen LogP contribution in [0.3, 0.4) is 0 Å². The molecular weight excluding hydrogens is 246 g/mol. The highest BCUT2D eigenvalue weighted by atomic mass is 32.1. The second-order valence-corrected chi connectivity index (χ2v) is 5.28. The molecular formula is C13H13N3OS. The summed E-state index contributed by atoms with van der Waals surface area (Å²) in [6, 6.07) is 8.29. The summed E-state index contributed by atoms with van der Waals surface area (Å²) in [6.45, 7) is -0.0131. The van der Waals surface area contributed by atoms with Gasteiger partial charge in [-0.05, 0) is 18.4 Å². The summed E-state index contributed by atoms with van der Waals surface area (Å²) >= 11 is 1.54. The Kier molecular flexibility index (Phi) is 2.85. The van der Waals surface area contributed by atoms with Gasteiger partial charge in [0.2, 0.25) is 5.91 Å². The van der Waals surface area contributed by atoms with Gasteiger partial charge >= 0.3 is 0 Å². The van der Waals surface area contributed by atoms with Gasteiger partial charge in [0.25, 0.3) is 0 Å². The van der Waals surface area contributed by atoms with Crippen LogP contribution in [0.4, 0.5) is 5.13 Å². The average molecular weight is 259 g/mol. The number of aromatic nitrogens is 1. The summed E-state index contributed by atoms with van der Waals surface area (Å²) in [7, 11) is 0. The van der Waals surface area contributed by atoms with E-state index >= 15 is 0 Å². The number of anilines is 1. The van der Waals surface area contributed by atoms with Gasteiger partial charge in [-0.15, -0.1) is 11.3 Å². The molecule has 1 aromatic carbocycles. The van der Waals surface area contributed by atoms with Crippen molar-refractivity contribution in [1.29, 1.82) is 0 Å². The molecule has 92 valence electrons. The normalized spacial score (nSPS) is 12.7. The number of aryl methyl sites for hydroxylation is 2. The molecule has 1 amide bonds. The number of hydrogen-bond acceptors (Lipinski definition) is 4. The molecule has 1 aromatic heterocycles. The number of nitrogens with zero attached hydrogens (tertiary/aromatic N) is 1. The van der Waals surface area contributed by atoms with Gasteiger partial charge in [0.05, 0.1) is 12.2 Å². The summed E-state index contributed by atoms with van der Waals surface area (Å²) in [5, 5.41) is 3.37. The van der Waals surface area contributed by atoms with Crippen LogP contribution in [0.2, 0.25) is 0 Å². The molecule has 0 unspecified atom stereocenters. The van der Waals surface area contributed by atoms with Gasteiger partial charge in [-0.25, -0.2) is 4.98 Å². The Balaban J connectivity index is 1.99. The first-order valence-corrected chi connectivity index (χ1v) is 6.67. The number of benzene rings is 1. The Hall–Kier alpha value is -1.72. The van der Waals surface area contributed by atoms with Crippen molar-refractivity contribution in [3.63, 3.8) is 0 Å². The average Bonchev–Trinajstić information content (AvgIpc) is 2.81. The second kappa shape index (κ2) is 4.51. The van der Waals surface area contributed by atoms with Crippen molar-refractivity contribution in [3.8, 4) is 11.3 Å². The number of carbonyl (C=O) groups excluding carboxylic acids is 1. The highest BCUT2D eigenvalue weighted by molar-refractivity contribution is 7.16. The molecule has 0 aliphatic heterocycles. The molecule has 2 aromatic rings. The van der Waals surface area contributed by atoms with E-state index in [4.69, 9.17) is 5.73 Å². The lowest BCUT2D eigenvalue weighted by atomic mass is 9.94. The molecule has 18 heavy (non-hydrogen) atoms. The standard InChI is InChI=1S/C13H13N3OS/c14-7-11(17)15-13-16-12-9-4-2-1-3-8(9)5-6-10(12)18-13/h1-4H,5-7,14H2,(H,15,16,17). The smallest absolute Gasteiger partial charge is 0.239 e. The minimum absolute atomic E-state index is 0.0131. The minimum atomic E-state index is -0.200. The lowest BCUT2D eigenvalue weighted by Crippen LogP contribution is -2.21. The molecule has 3 N–H and O–H groups in total. The van der Waals surface area contributed by atoms with Crippen LogP contribution < -0.4 is 11.1 Å². The Labute approximate surface area is 109 Å². The van der Waals surface area contributed by atoms with Crippen molar-refractivity contribution in [2.24, 2.45) is 5.73 Å². The fraction of sp³-hybridized carbons (Fsp3) is 0.231. The fourth-order valence-electron chi connectivity index (χ4n) is 2.17. The number of amides is 1. The zero-order valence-corrected chi connectivity index (χ0v) is 10.6. The number of carbonyl (C=O) groups is 1. The van der Waals surface area contributed by atoms with Gasteiger partial charge in [0.15, 0.2) is 5.13 Å². The maximum atomic E-state index is 11.3. The molecule has 0 saturated carbocycles. The minimum Gasteiger partial charge on any atom is -0.322 e. The summed E-state index contributed by atoms with van der Waals surface area (Å²) < 4.78 is 0. The summed E-state index contributed by atoms with van der Waals surface area (Å²) in [5.41, 5.74) is 8.80. The van der Waals surface area contributed by atoms with E-state index in [1.165, 1.54) is 16.0 Å². The van der Waals surface area contributed by atoms with Crippen LogP contribution in [0.1, 0.15) is 10.4 Å². The van der Waals surface area contributed by atoms with Gasteiger partial charge in [-0.3, -0.25) is 4.79 Å². The van der Waals surface area contributed by atoms with E-state index in [9.17, 15) is 4.79 Å². The molecule has 1 heterocycles. The van der Waals surface area contributed by atoms with E-state index in [2.05, 4.69) is 22.4 Å². The molecule has 0 saturated heterocycles. The Morgan fingerprint density at radius 3 is 3.06 bits per heavy atom. The predicted octanol–water partition coefficient (Wildman–Crippen LogP) is 1.81. The fourth-order valence-corrected chi connectivity index (χ4v) is 3.16. The van der Waals surface area contributed by atoms with Crippen molar-refractivity contribution in [3.05, 3.63) is 34.7 Å². The molecule has 5 heteroatoms. The first kappa shape index (κ1) is 11.4. The van der Waals surface area contributed by atoms with E-state index in [1.807, 2.05) is 12.1 Å². The van der Waals surface area contributed by atoms with Gasteiger partial charge in [-0.2, -0.15) is 0 Å². The van der Waals surface area contributed by atoms with Crippen LogP contribution in [0.15, 0.2) is 24.3 Å². The van der Waals surface area contributed by atoms with E-state index in [0.29, 0.717) is 5.13 Å². The van der Waals surface area contributed by atoms with Crippen molar-refractivity contribution in [2.75, 3.05) is 11.9 Å². The van der Waals surface area contributed by atoms with Gasteiger partial charge < -0.3 is 11.1 Å². The highest BCUT2D eigenvalue weighted by Crippen LogP contribution is 2.37. The van der Waals surface area contributed by atoms with Gasteiger partial charge in [0.1, 0.15) is 0 Å².